The topological polar surface area (TPSA) is 37.4 Å². The van der Waals surface area contributed by atoms with Crippen LogP contribution in [0.1, 0.15) is 17.2 Å². The lowest BCUT2D eigenvalue weighted by molar-refractivity contribution is 0.426. The molecule has 26 heavy (non-hydrogen) atoms. The monoisotopic (exact) mass is 421 g/mol. The normalized spacial score (nSPS) is 19.3. The maximum Gasteiger partial charge on any atom is 0.243 e. The Balaban J connectivity index is 1.81. The predicted molar refractivity (Wildman–Crippen MR) is 96.3 cm³/mol. The van der Waals surface area contributed by atoms with Gasteiger partial charge in [-0.2, -0.15) is 16.1 Å². The molecule has 3 rings (SSSR count). The van der Waals surface area contributed by atoms with Gasteiger partial charge in [-0.25, -0.2) is 21.6 Å². The van der Waals surface area contributed by atoms with Gasteiger partial charge in [0.25, 0.3) is 0 Å². The SMILES string of the molecule is O=S(=O)(c1ccc(F)c(Cl)c1)N1CCSC(c2cc(F)ccc2F)CC1. The summed E-state index contributed by atoms with van der Waals surface area (Å²) < 4.78 is 67.5. The fraction of sp³-hybridized carbons (Fsp3) is 0.294. The molecule has 0 aromatic heterocycles. The fourth-order valence-corrected chi connectivity index (χ4v) is 5.87. The molecule has 0 spiro atoms. The van der Waals surface area contributed by atoms with E-state index >= 15 is 0 Å². The summed E-state index contributed by atoms with van der Waals surface area (Å²) in [6, 6.07) is 6.52. The highest BCUT2D eigenvalue weighted by Gasteiger charge is 2.29. The van der Waals surface area contributed by atoms with Crippen LogP contribution in [-0.4, -0.2) is 31.6 Å². The van der Waals surface area contributed by atoms with Crippen LogP contribution in [0.25, 0.3) is 0 Å². The first-order chi connectivity index (χ1) is 12.3. The van der Waals surface area contributed by atoms with Crippen molar-refractivity contribution in [3.63, 3.8) is 0 Å². The minimum atomic E-state index is -3.85. The van der Waals surface area contributed by atoms with Gasteiger partial charge in [0, 0.05) is 29.7 Å². The van der Waals surface area contributed by atoms with Gasteiger partial charge in [0.15, 0.2) is 0 Å². The molecule has 1 unspecified atom stereocenters. The van der Waals surface area contributed by atoms with Crippen molar-refractivity contribution in [3.05, 3.63) is 64.4 Å². The Morgan fingerprint density at radius 1 is 1.04 bits per heavy atom. The summed E-state index contributed by atoms with van der Waals surface area (Å²) in [5.74, 6) is -1.31. The second kappa shape index (κ2) is 7.80. The molecule has 1 saturated heterocycles. The maximum absolute atomic E-state index is 14.0. The number of nitrogens with zero attached hydrogens (tertiary/aromatic N) is 1. The van der Waals surface area contributed by atoms with Crippen molar-refractivity contribution in [2.24, 2.45) is 0 Å². The van der Waals surface area contributed by atoms with Gasteiger partial charge in [0.05, 0.1) is 9.92 Å². The van der Waals surface area contributed by atoms with Gasteiger partial charge in [-0.3, -0.25) is 0 Å². The summed E-state index contributed by atoms with van der Waals surface area (Å²) in [5.41, 5.74) is 0.235. The molecular weight excluding hydrogens is 407 g/mol. The molecule has 2 aromatic carbocycles. The smallest absolute Gasteiger partial charge is 0.207 e. The van der Waals surface area contributed by atoms with E-state index in [4.69, 9.17) is 11.6 Å². The molecule has 3 nitrogen and oxygen atoms in total. The van der Waals surface area contributed by atoms with Crippen molar-refractivity contribution >= 4 is 33.4 Å². The van der Waals surface area contributed by atoms with Gasteiger partial charge in [0.2, 0.25) is 10.0 Å². The number of benzene rings is 2. The third-order valence-electron chi connectivity index (χ3n) is 4.13. The Morgan fingerprint density at radius 3 is 2.50 bits per heavy atom. The molecule has 0 saturated carbocycles. The third kappa shape index (κ3) is 4.03. The Labute approximate surface area is 159 Å². The van der Waals surface area contributed by atoms with Crippen LogP contribution in [0.15, 0.2) is 41.3 Å². The summed E-state index contributed by atoms with van der Waals surface area (Å²) in [6.45, 7) is 0.361. The van der Waals surface area contributed by atoms with Crippen LogP contribution in [0.3, 0.4) is 0 Å². The molecule has 1 atom stereocenters. The largest absolute Gasteiger partial charge is 0.243 e. The first-order valence-corrected chi connectivity index (χ1v) is 10.7. The zero-order chi connectivity index (χ0) is 18.9. The fourth-order valence-electron chi connectivity index (χ4n) is 2.79. The average Bonchev–Trinajstić information content (AvgIpc) is 2.86. The van der Waals surface area contributed by atoms with Crippen molar-refractivity contribution in [1.82, 2.24) is 4.31 Å². The van der Waals surface area contributed by atoms with E-state index < -0.39 is 27.5 Å². The highest BCUT2D eigenvalue weighted by atomic mass is 35.5. The van der Waals surface area contributed by atoms with Gasteiger partial charge >= 0.3 is 0 Å². The summed E-state index contributed by atoms with van der Waals surface area (Å²) in [4.78, 5) is -0.0933. The lowest BCUT2D eigenvalue weighted by atomic mass is 10.1. The average molecular weight is 422 g/mol. The maximum atomic E-state index is 14.0. The van der Waals surface area contributed by atoms with E-state index in [1.807, 2.05) is 0 Å². The number of hydrogen-bond donors (Lipinski definition) is 0. The highest BCUT2D eigenvalue weighted by Crippen LogP contribution is 2.37. The van der Waals surface area contributed by atoms with Crippen LogP contribution in [0, 0.1) is 17.5 Å². The van der Waals surface area contributed by atoms with E-state index in [1.54, 1.807) is 0 Å². The van der Waals surface area contributed by atoms with Crippen molar-refractivity contribution in [3.8, 4) is 0 Å². The molecular formula is C17H15ClF3NO2S2. The van der Waals surface area contributed by atoms with Crippen LogP contribution >= 0.6 is 23.4 Å². The summed E-state index contributed by atoms with van der Waals surface area (Å²) in [6.07, 6.45) is 0.333. The van der Waals surface area contributed by atoms with Crippen LogP contribution < -0.4 is 0 Å². The van der Waals surface area contributed by atoms with Crippen LogP contribution in [-0.2, 0) is 10.0 Å². The van der Waals surface area contributed by atoms with Gasteiger partial charge in [-0.05, 0) is 42.8 Å². The predicted octanol–water partition coefficient (Wildman–Crippen LogP) is 4.63. The van der Waals surface area contributed by atoms with E-state index in [0.717, 1.165) is 36.4 Å². The first-order valence-electron chi connectivity index (χ1n) is 7.81. The first kappa shape index (κ1) is 19.5. The van der Waals surface area contributed by atoms with Crippen molar-refractivity contribution < 1.29 is 21.6 Å². The summed E-state index contributed by atoms with van der Waals surface area (Å²) >= 11 is 7.07. The van der Waals surface area contributed by atoms with Crippen molar-refractivity contribution in [2.45, 2.75) is 16.6 Å². The van der Waals surface area contributed by atoms with E-state index in [9.17, 15) is 21.6 Å². The molecule has 2 aromatic rings. The number of sulfonamides is 1. The second-order valence-electron chi connectivity index (χ2n) is 5.79. The Kier molecular flexibility index (Phi) is 5.86. The number of halogens is 4. The summed E-state index contributed by atoms with van der Waals surface area (Å²) in [7, 11) is -3.85. The van der Waals surface area contributed by atoms with Crippen LogP contribution in [0.5, 0.6) is 0 Å². The van der Waals surface area contributed by atoms with E-state index in [-0.39, 0.29) is 33.8 Å². The number of thioether (sulfide) groups is 1. The molecule has 1 aliphatic heterocycles. The molecule has 9 heteroatoms. The van der Waals surface area contributed by atoms with Crippen LogP contribution in [0.2, 0.25) is 5.02 Å². The molecule has 140 valence electrons. The zero-order valence-electron chi connectivity index (χ0n) is 13.5. The Morgan fingerprint density at radius 2 is 1.77 bits per heavy atom. The van der Waals surface area contributed by atoms with Crippen molar-refractivity contribution in [1.29, 1.82) is 0 Å². The van der Waals surface area contributed by atoms with E-state index in [2.05, 4.69) is 0 Å². The highest BCUT2D eigenvalue weighted by molar-refractivity contribution is 7.99. The molecule has 0 aliphatic carbocycles. The minimum Gasteiger partial charge on any atom is -0.207 e. The lowest BCUT2D eigenvalue weighted by Crippen LogP contribution is -2.33. The quantitative estimate of drug-likeness (QED) is 0.725. The molecule has 0 amide bonds. The standard InChI is InChI=1S/C17H15ClF3NO2S2/c18-14-10-12(2-4-16(14)21)26(23,24)22-6-5-17(25-8-7-22)13-9-11(19)1-3-15(13)20/h1-4,9-10,17H,5-8H2. The molecule has 1 heterocycles. The Bertz CT molecular complexity index is 924. The van der Waals surface area contributed by atoms with Gasteiger partial charge in [-0.15, -0.1) is 0 Å². The number of rotatable bonds is 3. The van der Waals surface area contributed by atoms with E-state index in [1.165, 1.54) is 16.1 Å². The number of hydrogen-bond acceptors (Lipinski definition) is 3. The van der Waals surface area contributed by atoms with Gasteiger partial charge < -0.3 is 0 Å². The molecule has 0 bridgehead atoms. The summed E-state index contributed by atoms with van der Waals surface area (Å²) in [5, 5.41) is -0.613. The van der Waals surface area contributed by atoms with Gasteiger partial charge in [0.1, 0.15) is 17.5 Å². The van der Waals surface area contributed by atoms with Crippen molar-refractivity contribution in [2.75, 3.05) is 18.8 Å². The minimum absolute atomic E-state index is 0.0933. The van der Waals surface area contributed by atoms with Gasteiger partial charge in [-0.1, -0.05) is 11.6 Å². The molecule has 1 fully saturated rings. The van der Waals surface area contributed by atoms with E-state index in [0.29, 0.717) is 12.2 Å². The second-order valence-corrected chi connectivity index (χ2v) is 9.45. The molecule has 1 aliphatic rings. The zero-order valence-corrected chi connectivity index (χ0v) is 15.9. The lowest BCUT2D eigenvalue weighted by Gasteiger charge is -2.20. The van der Waals surface area contributed by atoms with Crippen LogP contribution in [0.4, 0.5) is 13.2 Å². The third-order valence-corrected chi connectivity index (χ3v) is 7.63. The Hall–Kier alpha value is -1.22. The molecule has 0 N–H and O–H groups in total. The molecule has 0 radical (unpaired) electrons.